The number of hydrogen-bond acceptors (Lipinski definition) is 0. The van der Waals surface area contributed by atoms with Gasteiger partial charge in [-0.25, -0.2) is 0 Å². The Morgan fingerprint density at radius 3 is 2.00 bits per heavy atom. The SMILES string of the molecule is [CH2][CH]C([CH2])C. The topological polar surface area (TPSA) is 0 Å². The molecule has 0 saturated carbocycles. The molecule has 0 heterocycles. The van der Waals surface area contributed by atoms with Gasteiger partial charge in [-0.05, 0) is 19.3 Å². The van der Waals surface area contributed by atoms with Gasteiger partial charge in [-0.1, -0.05) is 13.8 Å². The van der Waals surface area contributed by atoms with Crippen molar-refractivity contribution in [3.05, 3.63) is 20.3 Å². The zero-order valence-corrected chi connectivity index (χ0v) is 3.57. The Labute approximate surface area is 34.2 Å². The lowest BCUT2D eigenvalue weighted by Gasteiger charge is -1.89. The molecule has 0 bridgehead atoms. The molecule has 1 atom stereocenters. The molecule has 0 aromatic carbocycles. The molecular weight excluding hydrogens is 60.1 g/mol. The van der Waals surface area contributed by atoms with E-state index in [-0.39, 0.29) is 0 Å². The Kier molecular flexibility index (Phi) is 2.25. The van der Waals surface area contributed by atoms with Gasteiger partial charge in [-0.2, -0.15) is 0 Å². The summed E-state index contributed by atoms with van der Waals surface area (Å²) in [5, 5.41) is 0. The van der Waals surface area contributed by atoms with E-state index in [1.54, 1.807) is 6.42 Å². The fourth-order valence-electron chi connectivity index (χ4n) is 0. The Hall–Kier alpha value is 0. The van der Waals surface area contributed by atoms with Crippen LogP contribution in [0.3, 0.4) is 0 Å². The van der Waals surface area contributed by atoms with Crippen LogP contribution in [0.15, 0.2) is 0 Å². The molecule has 0 aliphatic heterocycles. The molecule has 0 spiro atoms. The van der Waals surface area contributed by atoms with Crippen LogP contribution in [-0.2, 0) is 0 Å². The third-order valence-corrected chi connectivity index (χ3v) is 0.402. The molecule has 0 aromatic rings. The summed E-state index contributed by atoms with van der Waals surface area (Å²) in [5.74, 6) is 0.398. The van der Waals surface area contributed by atoms with Crippen LogP contribution in [0.4, 0.5) is 0 Å². The van der Waals surface area contributed by atoms with Crippen LogP contribution >= 0.6 is 0 Å². The van der Waals surface area contributed by atoms with Crippen LogP contribution in [0.5, 0.6) is 0 Å². The molecule has 0 saturated heterocycles. The molecule has 0 N–H and O–H groups in total. The highest BCUT2D eigenvalue weighted by Gasteiger charge is 1.81. The second-order valence-electron chi connectivity index (χ2n) is 1.21. The van der Waals surface area contributed by atoms with Crippen molar-refractivity contribution in [1.82, 2.24) is 0 Å². The van der Waals surface area contributed by atoms with Gasteiger partial charge in [0, 0.05) is 0 Å². The molecule has 3 radical (unpaired) electrons. The molecule has 0 aliphatic carbocycles. The van der Waals surface area contributed by atoms with Crippen LogP contribution in [-0.4, -0.2) is 0 Å². The van der Waals surface area contributed by atoms with Crippen molar-refractivity contribution >= 4 is 0 Å². The number of hydrogen-bond donors (Lipinski definition) is 0. The molecule has 29 valence electrons. The van der Waals surface area contributed by atoms with Gasteiger partial charge in [-0.3, -0.25) is 0 Å². The monoisotopic (exact) mass is 69.1 g/mol. The lowest BCUT2D eigenvalue weighted by molar-refractivity contribution is 0.880. The molecular formula is C5H9. The fraction of sp³-hybridized carbons (Fsp3) is 0.400. The molecule has 1 unspecified atom stereocenters. The van der Waals surface area contributed by atoms with E-state index in [2.05, 4.69) is 13.8 Å². The first-order valence-electron chi connectivity index (χ1n) is 1.73. The lowest BCUT2D eigenvalue weighted by Crippen LogP contribution is -1.79. The first-order chi connectivity index (χ1) is 2.27. The zero-order valence-electron chi connectivity index (χ0n) is 3.57. The van der Waals surface area contributed by atoms with E-state index in [4.69, 9.17) is 0 Å². The van der Waals surface area contributed by atoms with Crippen molar-refractivity contribution in [2.24, 2.45) is 5.92 Å². The van der Waals surface area contributed by atoms with Gasteiger partial charge in [0.05, 0.1) is 0 Å². The van der Waals surface area contributed by atoms with E-state index in [0.29, 0.717) is 5.92 Å². The fourth-order valence-corrected chi connectivity index (χ4v) is 0. The maximum Gasteiger partial charge on any atom is -0.0357 e. The molecule has 0 aromatic heterocycles. The van der Waals surface area contributed by atoms with Gasteiger partial charge in [-0.15, -0.1) is 0 Å². The average molecular weight is 69.1 g/mol. The summed E-state index contributed by atoms with van der Waals surface area (Å²) in [5.41, 5.74) is 0. The molecule has 0 heteroatoms. The summed E-state index contributed by atoms with van der Waals surface area (Å²) in [6.45, 7) is 9.13. The predicted octanol–water partition coefficient (Wildman–Crippen LogP) is 1.49. The van der Waals surface area contributed by atoms with Gasteiger partial charge in [0.25, 0.3) is 0 Å². The van der Waals surface area contributed by atoms with Crippen molar-refractivity contribution in [3.63, 3.8) is 0 Å². The standard InChI is InChI=1S/C5H9/c1-4-5(2)3/h4-5H,1-2H2,3H3. The minimum absolute atomic E-state index is 0.398. The van der Waals surface area contributed by atoms with Crippen molar-refractivity contribution in [1.29, 1.82) is 0 Å². The van der Waals surface area contributed by atoms with E-state index in [0.717, 1.165) is 0 Å². The summed E-state index contributed by atoms with van der Waals surface area (Å²) in [6, 6.07) is 0. The van der Waals surface area contributed by atoms with Gasteiger partial charge < -0.3 is 0 Å². The van der Waals surface area contributed by atoms with Crippen molar-refractivity contribution in [3.8, 4) is 0 Å². The third-order valence-electron chi connectivity index (χ3n) is 0.402. The van der Waals surface area contributed by atoms with Gasteiger partial charge in [0.15, 0.2) is 0 Å². The molecule has 0 aliphatic rings. The van der Waals surface area contributed by atoms with E-state index < -0.39 is 0 Å². The first kappa shape index (κ1) is 5.00. The van der Waals surface area contributed by atoms with E-state index in [1.807, 2.05) is 6.92 Å². The maximum absolute atomic E-state index is 3.64. The highest BCUT2D eigenvalue weighted by molar-refractivity contribution is 4.75. The van der Waals surface area contributed by atoms with Crippen LogP contribution in [0.1, 0.15) is 6.92 Å². The molecule has 0 rings (SSSR count). The normalized spacial score (nSPS) is 9.60. The Morgan fingerprint density at radius 2 is 2.00 bits per heavy atom. The molecule has 5 heavy (non-hydrogen) atoms. The smallest absolute Gasteiger partial charge is 0.0357 e. The zero-order chi connectivity index (χ0) is 4.28. The molecule has 0 nitrogen and oxygen atoms in total. The van der Waals surface area contributed by atoms with Crippen molar-refractivity contribution < 1.29 is 0 Å². The summed E-state index contributed by atoms with van der Waals surface area (Å²) in [7, 11) is 0. The summed E-state index contributed by atoms with van der Waals surface area (Å²) < 4.78 is 0. The van der Waals surface area contributed by atoms with E-state index >= 15 is 0 Å². The minimum atomic E-state index is 0.398. The van der Waals surface area contributed by atoms with Crippen LogP contribution in [0.2, 0.25) is 0 Å². The average Bonchev–Trinajstić information content (AvgIpc) is 1.38. The van der Waals surface area contributed by atoms with E-state index in [9.17, 15) is 0 Å². The Morgan fingerprint density at radius 1 is 1.80 bits per heavy atom. The largest absolute Gasteiger partial charge is 0.0622 e. The van der Waals surface area contributed by atoms with Gasteiger partial charge in [0.2, 0.25) is 0 Å². The Bertz CT molecular complexity index is 14.0. The van der Waals surface area contributed by atoms with Gasteiger partial charge >= 0.3 is 0 Å². The second-order valence-corrected chi connectivity index (χ2v) is 1.21. The van der Waals surface area contributed by atoms with Crippen LogP contribution < -0.4 is 0 Å². The van der Waals surface area contributed by atoms with E-state index in [1.165, 1.54) is 0 Å². The van der Waals surface area contributed by atoms with Crippen molar-refractivity contribution in [2.45, 2.75) is 6.92 Å². The first-order valence-corrected chi connectivity index (χ1v) is 1.73. The molecule has 0 amide bonds. The highest BCUT2D eigenvalue weighted by Crippen LogP contribution is 1.90. The quantitative estimate of drug-likeness (QED) is 0.437. The number of rotatable bonds is 1. The summed E-state index contributed by atoms with van der Waals surface area (Å²) >= 11 is 0. The lowest BCUT2D eigenvalue weighted by atomic mass is 10.2. The minimum Gasteiger partial charge on any atom is -0.0622 e. The second kappa shape index (κ2) is 2.25. The predicted molar refractivity (Wildman–Crippen MR) is 24.2 cm³/mol. The summed E-state index contributed by atoms with van der Waals surface area (Å²) in [4.78, 5) is 0. The Balaban J connectivity index is 2.54. The highest BCUT2D eigenvalue weighted by atomic mass is 13.9. The van der Waals surface area contributed by atoms with Crippen LogP contribution in [0, 0.1) is 26.2 Å². The maximum atomic E-state index is 3.64. The van der Waals surface area contributed by atoms with Gasteiger partial charge in [0.1, 0.15) is 0 Å². The summed E-state index contributed by atoms with van der Waals surface area (Å²) in [6.07, 6.45) is 1.81. The molecule has 0 fully saturated rings. The van der Waals surface area contributed by atoms with Crippen molar-refractivity contribution in [2.75, 3.05) is 0 Å². The van der Waals surface area contributed by atoms with Crippen LogP contribution in [0.25, 0.3) is 0 Å². The third kappa shape index (κ3) is 4.00.